The van der Waals surface area contributed by atoms with E-state index in [9.17, 15) is 8.78 Å². The van der Waals surface area contributed by atoms with Crippen LogP contribution in [0.15, 0.2) is 30.9 Å². The molecule has 2 rings (SSSR count). The molecule has 19 heavy (non-hydrogen) atoms. The Morgan fingerprint density at radius 3 is 2.68 bits per heavy atom. The standard InChI is InChI=1S/C14H17F2NO2/c1-4-13(2,3)9-17-8-10-5-6-11-12(7-10)19-14(15,16)18-11/h4-7,17H,1,8-9H2,2-3H3. The molecule has 5 heteroatoms. The van der Waals surface area contributed by atoms with Crippen molar-refractivity contribution in [3.63, 3.8) is 0 Å². The summed E-state index contributed by atoms with van der Waals surface area (Å²) in [7, 11) is 0. The molecule has 3 nitrogen and oxygen atoms in total. The first-order chi connectivity index (χ1) is 8.81. The molecule has 1 heterocycles. The Hall–Kier alpha value is -1.62. The van der Waals surface area contributed by atoms with Crippen LogP contribution in [0, 0.1) is 5.41 Å². The Morgan fingerprint density at radius 2 is 2.00 bits per heavy atom. The van der Waals surface area contributed by atoms with Gasteiger partial charge in [0.05, 0.1) is 0 Å². The first-order valence-electron chi connectivity index (χ1n) is 6.04. The third-order valence-electron chi connectivity index (χ3n) is 2.93. The van der Waals surface area contributed by atoms with Gasteiger partial charge >= 0.3 is 6.29 Å². The third-order valence-corrected chi connectivity index (χ3v) is 2.93. The van der Waals surface area contributed by atoms with E-state index in [1.54, 1.807) is 12.1 Å². The number of alkyl halides is 2. The minimum Gasteiger partial charge on any atom is -0.395 e. The van der Waals surface area contributed by atoms with E-state index in [2.05, 4.69) is 35.2 Å². The lowest BCUT2D eigenvalue weighted by molar-refractivity contribution is -0.286. The van der Waals surface area contributed by atoms with Crippen molar-refractivity contribution in [1.29, 1.82) is 0 Å². The molecule has 1 aromatic carbocycles. The summed E-state index contributed by atoms with van der Waals surface area (Å²) < 4.78 is 34.4. The summed E-state index contributed by atoms with van der Waals surface area (Å²) in [6, 6.07) is 4.79. The maximum Gasteiger partial charge on any atom is 0.586 e. The van der Waals surface area contributed by atoms with Crippen LogP contribution >= 0.6 is 0 Å². The quantitative estimate of drug-likeness (QED) is 0.832. The van der Waals surface area contributed by atoms with Gasteiger partial charge in [-0.3, -0.25) is 0 Å². The van der Waals surface area contributed by atoms with E-state index in [1.165, 1.54) is 6.07 Å². The number of hydrogen-bond donors (Lipinski definition) is 1. The summed E-state index contributed by atoms with van der Waals surface area (Å²) in [5.74, 6) is 0.146. The van der Waals surface area contributed by atoms with Gasteiger partial charge in [-0.2, -0.15) is 0 Å². The second-order valence-electron chi connectivity index (χ2n) is 5.24. The van der Waals surface area contributed by atoms with E-state index >= 15 is 0 Å². The van der Waals surface area contributed by atoms with Crippen LogP contribution in [0.5, 0.6) is 11.5 Å². The number of rotatable bonds is 5. The fourth-order valence-electron chi connectivity index (χ4n) is 1.70. The summed E-state index contributed by atoms with van der Waals surface area (Å²) in [6.07, 6.45) is -1.68. The molecule has 1 N–H and O–H groups in total. The van der Waals surface area contributed by atoms with Gasteiger partial charge in [0.25, 0.3) is 0 Å². The smallest absolute Gasteiger partial charge is 0.395 e. The average molecular weight is 269 g/mol. The third kappa shape index (κ3) is 3.44. The van der Waals surface area contributed by atoms with Crippen LogP contribution in [0.4, 0.5) is 8.78 Å². The van der Waals surface area contributed by atoms with Crippen LogP contribution in [-0.4, -0.2) is 12.8 Å². The molecular formula is C14H17F2NO2. The van der Waals surface area contributed by atoms with Gasteiger partial charge in [0.1, 0.15) is 0 Å². The maximum absolute atomic E-state index is 12.9. The van der Waals surface area contributed by atoms with E-state index < -0.39 is 6.29 Å². The van der Waals surface area contributed by atoms with Crippen LogP contribution < -0.4 is 14.8 Å². The second-order valence-corrected chi connectivity index (χ2v) is 5.24. The first-order valence-corrected chi connectivity index (χ1v) is 6.04. The highest BCUT2D eigenvalue weighted by molar-refractivity contribution is 5.45. The molecule has 104 valence electrons. The van der Waals surface area contributed by atoms with E-state index in [-0.39, 0.29) is 16.9 Å². The van der Waals surface area contributed by atoms with Crippen molar-refractivity contribution < 1.29 is 18.3 Å². The van der Waals surface area contributed by atoms with Crippen LogP contribution in [0.25, 0.3) is 0 Å². The molecule has 0 saturated carbocycles. The van der Waals surface area contributed by atoms with Crippen molar-refractivity contribution in [3.05, 3.63) is 36.4 Å². The lowest BCUT2D eigenvalue weighted by Crippen LogP contribution is -2.27. The number of halogens is 2. The molecule has 0 aromatic heterocycles. The molecule has 0 unspecified atom stereocenters. The summed E-state index contributed by atoms with van der Waals surface area (Å²) in [4.78, 5) is 0. The number of ether oxygens (including phenoxy) is 2. The molecule has 0 amide bonds. The van der Waals surface area contributed by atoms with Crippen molar-refractivity contribution in [2.45, 2.75) is 26.7 Å². The van der Waals surface area contributed by atoms with Crippen molar-refractivity contribution in [2.75, 3.05) is 6.54 Å². The minimum absolute atomic E-state index is 0.0105. The Morgan fingerprint density at radius 1 is 1.32 bits per heavy atom. The molecule has 0 aliphatic carbocycles. The topological polar surface area (TPSA) is 30.5 Å². The lowest BCUT2D eigenvalue weighted by Gasteiger charge is -2.20. The fourth-order valence-corrected chi connectivity index (χ4v) is 1.70. The molecule has 0 radical (unpaired) electrons. The zero-order chi connectivity index (χ0) is 14.1. The molecule has 0 saturated heterocycles. The second kappa shape index (κ2) is 4.81. The van der Waals surface area contributed by atoms with Crippen LogP contribution in [0.1, 0.15) is 19.4 Å². The Kier molecular flexibility index (Phi) is 3.49. The van der Waals surface area contributed by atoms with Gasteiger partial charge in [-0.05, 0) is 23.1 Å². The van der Waals surface area contributed by atoms with E-state index in [4.69, 9.17) is 0 Å². The zero-order valence-corrected chi connectivity index (χ0v) is 11.0. The van der Waals surface area contributed by atoms with Crippen LogP contribution in [0.3, 0.4) is 0 Å². The van der Waals surface area contributed by atoms with Gasteiger partial charge in [0.15, 0.2) is 11.5 Å². The SMILES string of the molecule is C=CC(C)(C)CNCc1ccc2c(c1)OC(F)(F)O2. The predicted octanol–water partition coefficient (Wildman–Crippen LogP) is 3.31. The minimum atomic E-state index is -3.56. The Bertz CT molecular complexity index is 486. The lowest BCUT2D eigenvalue weighted by atomic mass is 9.94. The summed E-state index contributed by atoms with van der Waals surface area (Å²) in [6.45, 7) is 9.21. The van der Waals surface area contributed by atoms with Gasteiger partial charge in [0, 0.05) is 13.1 Å². The summed E-state index contributed by atoms with van der Waals surface area (Å²) >= 11 is 0. The summed E-state index contributed by atoms with van der Waals surface area (Å²) in [5, 5.41) is 3.25. The number of benzene rings is 1. The molecule has 1 aliphatic rings. The number of nitrogens with one attached hydrogen (secondary N) is 1. The van der Waals surface area contributed by atoms with Gasteiger partial charge in [-0.15, -0.1) is 15.4 Å². The van der Waals surface area contributed by atoms with Crippen molar-refractivity contribution >= 4 is 0 Å². The predicted molar refractivity (Wildman–Crippen MR) is 68.3 cm³/mol. The van der Waals surface area contributed by atoms with Gasteiger partial charge < -0.3 is 14.8 Å². The van der Waals surface area contributed by atoms with Crippen LogP contribution in [-0.2, 0) is 6.54 Å². The Labute approximate surface area is 111 Å². The highest BCUT2D eigenvalue weighted by Crippen LogP contribution is 2.41. The average Bonchev–Trinajstić information content (AvgIpc) is 2.62. The molecular weight excluding hydrogens is 252 g/mol. The Balaban J connectivity index is 1.95. The van der Waals surface area contributed by atoms with Gasteiger partial charge in [0.2, 0.25) is 0 Å². The van der Waals surface area contributed by atoms with E-state index in [0.29, 0.717) is 6.54 Å². The molecule has 0 spiro atoms. The van der Waals surface area contributed by atoms with Crippen molar-refractivity contribution in [1.82, 2.24) is 5.32 Å². The first kappa shape index (κ1) is 13.8. The fraction of sp³-hybridized carbons (Fsp3) is 0.429. The van der Waals surface area contributed by atoms with E-state index in [1.807, 2.05) is 6.08 Å². The number of fused-ring (bicyclic) bond motifs is 1. The highest BCUT2D eigenvalue weighted by atomic mass is 19.3. The molecule has 1 aromatic rings. The van der Waals surface area contributed by atoms with Crippen molar-refractivity contribution in [3.8, 4) is 11.5 Å². The largest absolute Gasteiger partial charge is 0.586 e. The van der Waals surface area contributed by atoms with Crippen LogP contribution in [0.2, 0.25) is 0 Å². The molecule has 0 atom stereocenters. The zero-order valence-electron chi connectivity index (χ0n) is 11.0. The van der Waals surface area contributed by atoms with Gasteiger partial charge in [-0.25, -0.2) is 0 Å². The normalized spacial score (nSPS) is 16.4. The van der Waals surface area contributed by atoms with Gasteiger partial charge in [-0.1, -0.05) is 26.0 Å². The molecule has 0 bridgehead atoms. The van der Waals surface area contributed by atoms with Crippen molar-refractivity contribution in [2.24, 2.45) is 5.41 Å². The summed E-state index contributed by atoms with van der Waals surface area (Å²) in [5.41, 5.74) is 0.850. The number of hydrogen-bond acceptors (Lipinski definition) is 3. The molecule has 0 fully saturated rings. The maximum atomic E-state index is 12.9. The molecule has 1 aliphatic heterocycles. The monoisotopic (exact) mass is 269 g/mol. The highest BCUT2D eigenvalue weighted by Gasteiger charge is 2.43. The van der Waals surface area contributed by atoms with E-state index in [0.717, 1.165) is 12.1 Å².